The van der Waals surface area contributed by atoms with Gasteiger partial charge in [0.15, 0.2) is 0 Å². The van der Waals surface area contributed by atoms with Crippen molar-refractivity contribution in [2.75, 3.05) is 6.54 Å². The van der Waals surface area contributed by atoms with E-state index in [1.807, 2.05) is 13.8 Å². The van der Waals surface area contributed by atoms with Crippen molar-refractivity contribution in [3.8, 4) is 0 Å². The Morgan fingerprint density at radius 2 is 1.87 bits per heavy atom. The Morgan fingerprint density at radius 3 is 2.39 bits per heavy atom. The van der Waals surface area contributed by atoms with E-state index in [9.17, 15) is 14.4 Å². The van der Waals surface area contributed by atoms with Crippen LogP contribution >= 0.6 is 0 Å². The van der Waals surface area contributed by atoms with Crippen LogP contribution in [0.1, 0.15) is 36.2 Å². The summed E-state index contributed by atoms with van der Waals surface area (Å²) in [5.41, 5.74) is 1.65. The summed E-state index contributed by atoms with van der Waals surface area (Å²) in [6, 6.07) is 6.03. The highest BCUT2D eigenvalue weighted by Crippen LogP contribution is 2.30. The second-order valence-corrected chi connectivity index (χ2v) is 5.97. The fourth-order valence-electron chi connectivity index (χ4n) is 2.58. The quantitative estimate of drug-likeness (QED) is 0.837. The SMILES string of the molecule is C=C1c2ccccc2C(=O)N1CC(=O)NC(CC(C)C)C(=O)O. The first-order valence-electron chi connectivity index (χ1n) is 7.43. The van der Waals surface area contributed by atoms with Gasteiger partial charge in [-0.1, -0.05) is 38.6 Å². The van der Waals surface area contributed by atoms with Crippen LogP contribution in [0.5, 0.6) is 0 Å². The molecule has 6 nitrogen and oxygen atoms in total. The van der Waals surface area contributed by atoms with Crippen molar-refractivity contribution in [3.05, 3.63) is 42.0 Å². The normalized spacial score (nSPS) is 14.8. The Morgan fingerprint density at radius 1 is 1.26 bits per heavy atom. The lowest BCUT2D eigenvalue weighted by molar-refractivity contribution is -0.142. The van der Waals surface area contributed by atoms with E-state index in [1.54, 1.807) is 24.3 Å². The summed E-state index contributed by atoms with van der Waals surface area (Å²) >= 11 is 0. The van der Waals surface area contributed by atoms with Crippen LogP contribution in [-0.2, 0) is 9.59 Å². The monoisotopic (exact) mass is 316 g/mol. The van der Waals surface area contributed by atoms with Crippen LogP contribution in [0.4, 0.5) is 0 Å². The predicted octanol–water partition coefficient (Wildman–Crippen LogP) is 1.73. The second kappa shape index (κ2) is 6.64. The van der Waals surface area contributed by atoms with Gasteiger partial charge in [-0.2, -0.15) is 0 Å². The molecule has 0 bridgehead atoms. The summed E-state index contributed by atoms with van der Waals surface area (Å²) in [6.45, 7) is 7.37. The van der Waals surface area contributed by atoms with E-state index >= 15 is 0 Å². The van der Waals surface area contributed by atoms with Gasteiger partial charge in [-0.05, 0) is 18.4 Å². The molecule has 1 atom stereocenters. The summed E-state index contributed by atoms with van der Waals surface area (Å²) < 4.78 is 0. The minimum Gasteiger partial charge on any atom is -0.480 e. The average Bonchev–Trinajstić information content (AvgIpc) is 2.72. The van der Waals surface area contributed by atoms with Gasteiger partial charge in [0.2, 0.25) is 5.91 Å². The Hall–Kier alpha value is -2.63. The van der Waals surface area contributed by atoms with Crippen molar-refractivity contribution in [2.45, 2.75) is 26.3 Å². The molecule has 0 radical (unpaired) electrons. The molecule has 23 heavy (non-hydrogen) atoms. The van der Waals surface area contributed by atoms with E-state index in [2.05, 4.69) is 11.9 Å². The minimum atomic E-state index is -1.08. The van der Waals surface area contributed by atoms with Gasteiger partial charge in [0.05, 0.1) is 0 Å². The van der Waals surface area contributed by atoms with Gasteiger partial charge >= 0.3 is 5.97 Å². The second-order valence-electron chi connectivity index (χ2n) is 5.97. The van der Waals surface area contributed by atoms with E-state index in [0.29, 0.717) is 23.2 Å². The van der Waals surface area contributed by atoms with Gasteiger partial charge in [0.1, 0.15) is 12.6 Å². The number of hydrogen-bond acceptors (Lipinski definition) is 3. The van der Waals surface area contributed by atoms with Crippen LogP contribution < -0.4 is 5.32 Å². The third-order valence-corrected chi connectivity index (χ3v) is 3.68. The molecule has 1 aliphatic rings. The summed E-state index contributed by atoms with van der Waals surface area (Å²) in [7, 11) is 0. The third-order valence-electron chi connectivity index (χ3n) is 3.68. The molecule has 0 saturated heterocycles. The Kier molecular flexibility index (Phi) is 4.83. The number of hydrogen-bond donors (Lipinski definition) is 2. The van der Waals surface area contributed by atoms with Gasteiger partial charge < -0.3 is 10.4 Å². The van der Waals surface area contributed by atoms with Gasteiger partial charge in [0, 0.05) is 16.8 Å². The summed E-state index contributed by atoms with van der Waals surface area (Å²) in [5, 5.41) is 11.6. The lowest BCUT2D eigenvalue weighted by atomic mass is 10.0. The molecule has 0 saturated carbocycles. The molecular formula is C17H20N2O4. The van der Waals surface area contributed by atoms with E-state index in [4.69, 9.17) is 5.11 Å². The van der Waals surface area contributed by atoms with Crippen LogP contribution in [0.3, 0.4) is 0 Å². The fraction of sp³-hybridized carbons (Fsp3) is 0.353. The number of nitrogens with zero attached hydrogens (tertiary/aromatic N) is 1. The number of carboxylic acids is 1. The van der Waals surface area contributed by atoms with E-state index in [0.717, 1.165) is 0 Å². The summed E-state index contributed by atoms with van der Waals surface area (Å²) in [6.07, 6.45) is 0.330. The first-order chi connectivity index (χ1) is 10.8. The molecule has 0 aromatic heterocycles. The van der Waals surface area contributed by atoms with E-state index < -0.39 is 17.9 Å². The number of amides is 2. The molecule has 6 heteroatoms. The maximum Gasteiger partial charge on any atom is 0.326 e. The van der Waals surface area contributed by atoms with Crippen LogP contribution in [0.2, 0.25) is 0 Å². The number of fused-ring (bicyclic) bond motifs is 1. The van der Waals surface area contributed by atoms with Crippen molar-refractivity contribution in [2.24, 2.45) is 5.92 Å². The van der Waals surface area contributed by atoms with Gasteiger partial charge in [-0.3, -0.25) is 14.5 Å². The molecule has 1 aromatic rings. The zero-order chi connectivity index (χ0) is 17.1. The third kappa shape index (κ3) is 3.59. The number of benzene rings is 1. The molecule has 0 fully saturated rings. The van der Waals surface area contributed by atoms with E-state index in [1.165, 1.54) is 4.90 Å². The first-order valence-corrected chi connectivity index (χ1v) is 7.43. The highest BCUT2D eigenvalue weighted by atomic mass is 16.4. The number of aliphatic carboxylic acids is 1. The van der Waals surface area contributed by atoms with Crippen molar-refractivity contribution >= 4 is 23.5 Å². The van der Waals surface area contributed by atoms with Gasteiger partial charge in [-0.25, -0.2) is 4.79 Å². The molecule has 1 aromatic carbocycles. The zero-order valence-electron chi connectivity index (χ0n) is 13.2. The van der Waals surface area contributed by atoms with Crippen molar-refractivity contribution in [3.63, 3.8) is 0 Å². The number of carbonyl (C=O) groups excluding carboxylic acids is 2. The van der Waals surface area contributed by atoms with Crippen LogP contribution in [-0.4, -0.2) is 40.4 Å². The number of carbonyl (C=O) groups is 3. The topological polar surface area (TPSA) is 86.7 Å². The summed E-state index contributed by atoms with van der Waals surface area (Å²) in [4.78, 5) is 36.9. The smallest absolute Gasteiger partial charge is 0.326 e. The first kappa shape index (κ1) is 16.7. The van der Waals surface area contributed by atoms with Crippen LogP contribution in [0, 0.1) is 5.92 Å². The van der Waals surface area contributed by atoms with E-state index in [-0.39, 0.29) is 18.4 Å². The molecular weight excluding hydrogens is 296 g/mol. The minimum absolute atomic E-state index is 0.129. The maximum absolute atomic E-state index is 12.3. The number of rotatable bonds is 6. The molecule has 1 aliphatic heterocycles. The fourth-order valence-corrected chi connectivity index (χ4v) is 2.58. The van der Waals surface area contributed by atoms with Crippen LogP contribution in [0.15, 0.2) is 30.8 Å². The molecule has 2 rings (SSSR count). The lowest BCUT2D eigenvalue weighted by Crippen LogP contribution is -2.46. The highest BCUT2D eigenvalue weighted by molar-refractivity contribution is 6.10. The molecule has 0 spiro atoms. The average molecular weight is 316 g/mol. The van der Waals surface area contributed by atoms with Crippen molar-refractivity contribution in [1.29, 1.82) is 0 Å². The Balaban J connectivity index is 2.05. The number of nitrogens with one attached hydrogen (secondary N) is 1. The predicted molar refractivity (Wildman–Crippen MR) is 85.5 cm³/mol. The summed E-state index contributed by atoms with van der Waals surface area (Å²) in [5.74, 6) is -1.76. The van der Waals surface area contributed by atoms with Crippen molar-refractivity contribution < 1.29 is 19.5 Å². The van der Waals surface area contributed by atoms with Gasteiger partial charge in [-0.15, -0.1) is 0 Å². The maximum atomic E-state index is 12.3. The Labute approximate surface area is 134 Å². The zero-order valence-corrected chi connectivity index (χ0v) is 13.2. The number of carboxylic acid groups (broad SMARTS) is 1. The molecule has 122 valence electrons. The highest BCUT2D eigenvalue weighted by Gasteiger charge is 2.32. The Bertz CT molecular complexity index is 631. The lowest BCUT2D eigenvalue weighted by Gasteiger charge is -2.20. The van der Waals surface area contributed by atoms with Crippen LogP contribution in [0.25, 0.3) is 5.70 Å². The molecule has 1 unspecified atom stereocenters. The molecule has 1 heterocycles. The van der Waals surface area contributed by atoms with Crippen molar-refractivity contribution in [1.82, 2.24) is 10.2 Å². The van der Waals surface area contributed by atoms with Gasteiger partial charge in [0.25, 0.3) is 5.91 Å². The standard InChI is InChI=1S/C17H20N2O4/c1-10(2)8-14(17(22)23)18-15(20)9-19-11(3)12-6-4-5-7-13(12)16(19)21/h4-7,10,14H,3,8-9H2,1-2H3,(H,18,20)(H,22,23). The molecule has 2 N–H and O–H groups in total. The molecule has 2 amide bonds. The largest absolute Gasteiger partial charge is 0.480 e. The molecule has 0 aliphatic carbocycles.